The van der Waals surface area contributed by atoms with Crippen LogP contribution in [0.3, 0.4) is 0 Å². The molecule has 0 aromatic carbocycles. The Morgan fingerprint density at radius 3 is 2.65 bits per heavy atom. The number of aliphatic carboxylic acids is 1. The number of carboxylic acids is 1. The maximum Gasteiger partial charge on any atom is 0.305 e. The van der Waals surface area contributed by atoms with Crippen molar-refractivity contribution < 1.29 is 14.7 Å². The summed E-state index contributed by atoms with van der Waals surface area (Å²) in [5.74, 6) is -0.813. The van der Waals surface area contributed by atoms with E-state index < -0.39 is 5.97 Å². The van der Waals surface area contributed by atoms with E-state index in [9.17, 15) is 9.59 Å². The maximum atomic E-state index is 12.0. The predicted molar refractivity (Wildman–Crippen MR) is 75.2 cm³/mol. The number of aryl methyl sites for hydroxylation is 1. The summed E-state index contributed by atoms with van der Waals surface area (Å²) >= 11 is 0. The van der Waals surface area contributed by atoms with Crippen molar-refractivity contribution in [2.45, 2.75) is 45.6 Å². The molecule has 0 atom stereocenters. The minimum Gasteiger partial charge on any atom is -0.481 e. The minimum atomic E-state index is -0.868. The molecule has 1 aromatic rings. The van der Waals surface area contributed by atoms with Gasteiger partial charge in [0.1, 0.15) is 0 Å². The number of rotatable bonds is 10. The largest absolute Gasteiger partial charge is 0.481 e. The molecule has 112 valence electrons. The van der Waals surface area contributed by atoms with Crippen LogP contribution in [-0.4, -0.2) is 44.5 Å². The maximum absolute atomic E-state index is 12.0. The van der Waals surface area contributed by atoms with E-state index in [1.165, 1.54) is 0 Å². The summed E-state index contributed by atoms with van der Waals surface area (Å²) in [6.07, 6.45) is 8.45. The van der Waals surface area contributed by atoms with E-state index in [1.807, 2.05) is 17.7 Å². The van der Waals surface area contributed by atoms with Gasteiger partial charge in [-0.15, -0.1) is 0 Å². The number of hydrogen-bond donors (Lipinski definition) is 1. The van der Waals surface area contributed by atoms with Crippen molar-refractivity contribution in [3.05, 3.63) is 18.7 Å². The molecule has 1 amide bonds. The number of imidazole rings is 1. The van der Waals surface area contributed by atoms with Crippen molar-refractivity contribution in [1.82, 2.24) is 14.5 Å². The molecule has 0 aliphatic rings. The van der Waals surface area contributed by atoms with Gasteiger partial charge in [0, 0.05) is 38.4 Å². The van der Waals surface area contributed by atoms with Crippen LogP contribution in [-0.2, 0) is 16.1 Å². The van der Waals surface area contributed by atoms with Crippen LogP contribution < -0.4 is 0 Å². The van der Waals surface area contributed by atoms with Crippen molar-refractivity contribution in [3.63, 3.8) is 0 Å². The zero-order valence-corrected chi connectivity index (χ0v) is 12.0. The predicted octanol–water partition coefficient (Wildman–Crippen LogP) is 1.77. The lowest BCUT2D eigenvalue weighted by molar-refractivity contribution is -0.138. The zero-order valence-electron chi connectivity index (χ0n) is 12.0. The quantitative estimate of drug-likeness (QED) is 0.709. The van der Waals surface area contributed by atoms with E-state index in [2.05, 4.69) is 4.98 Å². The summed E-state index contributed by atoms with van der Waals surface area (Å²) in [6, 6.07) is 0. The van der Waals surface area contributed by atoms with Gasteiger partial charge in [-0.05, 0) is 12.8 Å². The number of amides is 1. The Labute approximate surface area is 119 Å². The Bertz CT molecular complexity index is 404. The highest BCUT2D eigenvalue weighted by Gasteiger charge is 2.13. The SMILES string of the molecule is CCCCC(=O)N(CCCn1ccnc1)CCC(=O)O. The fraction of sp³-hybridized carbons (Fsp3) is 0.643. The molecule has 0 fully saturated rings. The third-order valence-corrected chi connectivity index (χ3v) is 3.10. The number of hydrogen-bond acceptors (Lipinski definition) is 3. The molecule has 1 N–H and O–H groups in total. The zero-order chi connectivity index (χ0) is 14.8. The number of carbonyl (C=O) groups is 2. The highest BCUT2D eigenvalue weighted by Crippen LogP contribution is 2.04. The van der Waals surface area contributed by atoms with E-state index in [-0.39, 0.29) is 12.3 Å². The molecule has 1 aromatic heterocycles. The molecule has 0 aliphatic heterocycles. The minimum absolute atomic E-state index is 0.00292. The van der Waals surface area contributed by atoms with Gasteiger partial charge in [0.25, 0.3) is 0 Å². The molecule has 0 spiro atoms. The average molecular weight is 281 g/mol. The number of carbonyl (C=O) groups excluding carboxylic acids is 1. The van der Waals surface area contributed by atoms with Crippen molar-refractivity contribution in [2.75, 3.05) is 13.1 Å². The van der Waals surface area contributed by atoms with Gasteiger partial charge in [-0.2, -0.15) is 0 Å². The normalized spacial score (nSPS) is 10.4. The fourth-order valence-electron chi connectivity index (χ4n) is 1.94. The molecule has 0 aliphatic carbocycles. The second kappa shape index (κ2) is 9.12. The Morgan fingerprint density at radius 2 is 2.05 bits per heavy atom. The molecule has 6 nitrogen and oxygen atoms in total. The molecule has 0 saturated carbocycles. The van der Waals surface area contributed by atoms with Crippen molar-refractivity contribution in [1.29, 1.82) is 0 Å². The molecular weight excluding hydrogens is 258 g/mol. The van der Waals surface area contributed by atoms with E-state index in [1.54, 1.807) is 17.4 Å². The molecule has 0 radical (unpaired) electrons. The second-order valence-corrected chi connectivity index (χ2v) is 4.78. The summed E-state index contributed by atoms with van der Waals surface area (Å²) in [6.45, 7) is 3.70. The number of unbranched alkanes of at least 4 members (excludes halogenated alkanes) is 1. The third kappa shape index (κ3) is 6.36. The van der Waals surface area contributed by atoms with Gasteiger partial charge in [0.2, 0.25) is 5.91 Å². The standard InChI is InChI=1S/C14H23N3O3/c1-2-3-5-13(18)17(10-6-14(19)20)9-4-8-16-11-7-15-12-16/h7,11-12H,2-6,8-10H2,1H3,(H,19,20). The summed E-state index contributed by atoms with van der Waals surface area (Å²) in [5, 5.41) is 8.75. The molecule has 0 unspecified atom stereocenters. The number of nitrogens with zero attached hydrogens (tertiary/aromatic N) is 3. The molecule has 6 heteroatoms. The number of aromatic nitrogens is 2. The van der Waals surface area contributed by atoms with Crippen LogP contribution in [0.15, 0.2) is 18.7 Å². The van der Waals surface area contributed by atoms with Crippen LogP contribution in [0.25, 0.3) is 0 Å². The molecule has 1 heterocycles. The van der Waals surface area contributed by atoms with E-state index >= 15 is 0 Å². The van der Waals surface area contributed by atoms with Gasteiger partial charge in [-0.25, -0.2) is 4.98 Å². The van der Waals surface area contributed by atoms with Crippen LogP contribution in [0.5, 0.6) is 0 Å². The summed E-state index contributed by atoms with van der Waals surface area (Å²) in [7, 11) is 0. The summed E-state index contributed by atoms with van der Waals surface area (Å²) in [5.41, 5.74) is 0. The van der Waals surface area contributed by atoms with Crippen molar-refractivity contribution in [3.8, 4) is 0 Å². The number of carboxylic acid groups (broad SMARTS) is 1. The van der Waals surface area contributed by atoms with E-state index in [0.717, 1.165) is 25.8 Å². The Kier molecular flexibility index (Phi) is 7.39. The Balaban J connectivity index is 2.39. The second-order valence-electron chi connectivity index (χ2n) is 4.78. The monoisotopic (exact) mass is 281 g/mol. The first kappa shape index (κ1) is 16.2. The van der Waals surface area contributed by atoms with Crippen molar-refractivity contribution in [2.24, 2.45) is 0 Å². The van der Waals surface area contributed by atoms with Crippen molar-refractivity contribution >= 4 is 11.9 Å². The van der Waals surface area contributed by atoms with Crippen LogP contribution in [0.1, 0.15) is 39.0 Å². The fourth-order valence-corrected chi connectivity index (χ4v) is 1.94. The lowest BCUT2D eigenvalue weighted by atomic mass is 10.2. The van der Waals surface area contributed by atoms with Gasteiger partial charge in [0.05, 0.1) is 12.7 Å². The first-order valence-electron chi connectivity index (χ1n) is 7.08. The highest BCUT2D eigenvalue weighted by molar-refractivity contribution is 5.77. The Hall–Kier alpha value is -1.85. The third-order valence-electron chi connectivity index (χ3n) is 3.10. The van der Waals surface area contributed by atoms with E-state index in [4.69, 9.17) is 5.11 Å². The lowest BCUT2D eigenvalue weighted by Gasteiger charge is -2.22. The average Bonchev–Trinajstić information content (AvgIpc) is 2.92. The first-order valence-corrected chi connectivity index (χ1v) is 7.08. The van der Waals surface area contributed by atoms with Gasteiger partial charge < -0.3 is 14.6 Å². The summed E-state index contributed by atoms with van der Waals surface area (Å²) < 4.78 is 1.95. The van der Waals surface area contributed by atoms with Gasteiger partial charge in [-0.1, -0.05) is 13.3 Å². The van der Waals surface area contributed by atoms with Gasteiger partial charge in [-0.3, -0.25) is 9.59 Å². The lowest BCUT2D eigenvalue weighted by Crippen LogP contribution is -2.34. The molecule has 0 bridgehead atoms. The topological polar surface area (TPSA) is 75.4 Å². The smallest absolute Gasteiger partial charge is 0.305 e. The molecule has 20 heavy (non-hydrogen) atoms. The van der Waals surface area contributed by atoms with Gasteiger partial charge in [0.15, 0.2) is 0 Å². The van der Waals surface area contributed by atoms with Crippen LogP contribution in [0.4, 0.5) is 0 Å². The first-order chi connectivity index (χ1) is 9.63. The van der Waals surface area contributed by atoms with Crippen LogP contribution in [0, 0.1) is 0 Å². The summed E-state index contributed by atoms with van der Waals surface area (Å²) in [4.78, 5) is 28.3. The molecular formula is C14H23N3O3. The molecule has 0 saturated heterocycles. The Morgan fingerprint density at radius 1 is 1.25 bits per heavy atom. The van der Waals surface area contributed by atoms with Crippen LogP contribution in [0.2, 0.25) is 0 Å². The van der Waals surface area contributed by atoms with Crippen LogP contribution >= 0.6 is 0 Å². The van der Waals surface area contributed by atoms with E-state index in [0.29, 0.717) is 19.5 Å². The molecule has 1 rings (SSSR count). The van der Waals surface area contributed by atoms with Gasteiger partial charge >= 0.3 is 5.97 Å². The highest BCUT2D eigenvalue weighted by atomic mass is 16.4.